The fourth-order valence-electron chi connectivity index (χ4n) is 0.470. The molecule has 0 aliphatic heterocycles. The Hall–Kier alpha value is -1.01. The molecular weight excluding hydrogens is 172 g/mol. The van der Waals surface area contributed by atoms with Gasteiger partial charge in [0.25, 0.3) is 0 Å². The Labute approximate surface area is 67.6 Å². The van der Waals surface area contributed by atoms with Crippen molar-refractivity contribution >= 4 is 7.69 Å². The lowest BCUT2D eigenvalue weighted by atomic mass is 10.3. The zero-order valence-electron chi connectivity index (χ0n) is 5.84. The van der Waals surface area contributed by atoms with Crippen LogP contribution < -0.4 is 0 Å². The minimum absolute atomic E-state index is 0. The van der Waals surface area contributed by atoms with Gasteiger partial charge in [-0.05, 0) is 12.1 Å². The van der Waals surface area contributed by atoms with Crippen molar-refractivity contribution in [2.24, 2.45) is 0 Å². The summed E-state index contributed by atoms with van der Waals surface area (Å²) in [5.74, 6) is -2.96. The molecular formula is C6H5BF3O2. The Bertz CT molecular complexity index is 244. The lowest BCUT2D eigenvalue weighted by molar-refractivity contribution is 0.448. The third-order valence-electron chi connectivity index (χ3n) is 0.882. The van der Waals surface area contributed by atoms with Gasteiger partial charge >= 0.3 is 7.69 Å². The summed E-state index contributed by atoms with van der Waals surface area (Å²) in [5.41, 5.74) is 0. The summed E-state index contributed by atoms with van der Waals surface area (Å²) >= 11 is 0. The zero-order valence-corrected chi connectivity index (χ0v) is 5.84. The molecule has 0 saturated heterocycles. The average Bonchev–Trinajstić information content (AvgIpc) is 1.99. The molecule has 2 N–H and O–H groups in total. The quantitative estimate of drug-likeness (QED) is 0.450. The standard InChI is InChI=1S/C6H3F3.BH2O2/c7-4-1-2-5(8)6(9)3-4;2-1-3/h1-3H;2-3H. The van der Waals surface area contributed by atoms with Crippen molar-refractivity contribution in [3.63, 3.8) is 0 Å². The van der Waals surface area contributed by atoms with E-state index in [0.717, 1.165) is 12.1 Å². The molecule has 1 radical (unpaired) electrons. The molecule has 12 heavy (non-hydrogen) atoms. The first-order valence-electron chi connectivity index (χ1n) is 2.82. The normalized spacial score (nSPS) is 8.42. The van der Waals surface area contributed by atoms with Gasteiger partial charge in [-0.1, -0.05) is 0 Å². The predicted molar refractivity (Wildman–Crippen MR) is 36.5 cm³/mol. The van der Waals surface area contributed by atoms with E-state index in [-0.39, 0.29) is 7.69 Å². The fraction of sp³-hybridized carbons (Fsp3) is 0. The van der Waals surface area contributed by atoms with E-state index < -0.39 is 17.5 Å². The molecule has 65 valence electrons. The summed E-state index contributed by atoms with van der Waals surface area (Å²) in [6.45, 7) is 0. The summed E-state index contributed by atoms with van der Waals surface area (Å²) in [5, 5.41) is 14.0. The average molecular weight is 177 g/mol. The molecule has 0 unspecified atom stereocenters. The summed E-state index contributed by atoms with van der Waals surface area (Å²) in [6.07, 6.45) is 0. The van der Waals surface area contributed by atoms with E-state index in [2.05, 4.69) is 0 Å². The number of hydrogen-bond donors (Lipinski definition) is 2. The maximum Gasteiger partial charge on any atom is 0.482 e. The van der Waals surface area contributed by atoms with Crippen LogP contribution in [0.3, 0.4) is 0 Å². The Morgan fingerprint density at radius 1 is 1.00 bits per heavy atom. The van der Waals surface area contributed by atoms with Gasteiger partial charge in [0.2, 0.25) is 0 Å². The van der Waals surface area contributed by atoms with Crippen LogP contribution in [0.25, 0.3) is 0 Å². The van der Waals surface area contributed by atoms with E-state index in [1.165, 1.54) is 0 Å². The fourth-order valence-corrected chi connectivity index (χ4v) is 0.470. The molecule has 0 aromatic heterocycles. The second-order valence-electron chi connectivity index (χ2n) is 1.67. The van der Waals surface area contributed by atoms with Gasteiger partial charge in [0, 0.05) is 6.07 Å². The van der Waals surface area contributed by atoms with Crippen LogP contribution in [0.2, 0.25) is 0 Å². The molecule has 0 amide bonds. The maximum absolute atomic E-state index is 12.0. The lowest BCUT2D eigenvalue weighted by Gasteiger charge is -1.88. The second kappa shape index (κ2) is 5.62. The van der Waals surface area contributed by atoms with Crippen LogP contribution in [0, 0.1) is 17.5 Å². The van der Waals surface area contributed by atoms with E-state index in [9.17, 15) is 13.2 Å². The summed E-state index contributed by atoms with van der Waals surface area (Å²) in [6, 6.07) is 2.10. The van der Waals surface area contributed by atoms with Crippen LogP contribution in [0.5, 0.6) is 0 Å². The minimum atomic E-state index is -1.16. The highest BCUT2D eigenvalue weighted by Gasteiger charge is 1.99. The highest BCUT2D eigenvalue weighted by Crippen LogP contribution is 2.05. The van der Waals surface area contributed by atoms with Crippen LogP contribution in [-0.2, 0) is 0 Å². The van der Waals surface area contributed by atoms with Crippen LogP contribution in [-0.4, -0.2) is 17.7 Å². The second-order valence-corrected chi connectivity index (χ2v) is 1.67. The SMILES string of the molecule is Fc1ccc(F)c(F)c1.O[B]O. The lowest BCUT2D eigenvalue weighted by Crippen LogP contribution is -1.83. The van der Waals surface area contributed by atoms with Crippen LogP contribution in [0.15, 0.2) is 18.2 Å². The Morgan fingerprint density at radius 3 is 1.83 bits per heavy atom. The van der Waals surface area contributed by atoms with Crippen molar-refractivity contribution in [1.82, 2.24) is 0 Å². The molecule has 0 heterocycles. The van der Waals surface area contributed by atoms with Crippen molar-refractivity contribution in [1.29, 1.82) is 0 Å². The number of halogens is 3. The van der Waals surface area contributed by atoms with Gasteiger partial charge in [-0.25, -0.2) is 13.2 Å². The number of hydrogen-bond acceptors (Lipinski definition) is 2. The molecule has 1 aromatic carbocycles. The van der Waals surface area contributed by atoms with Gasteiger partial charge in [0.05, 0.1) is 0 Å². The van der Waals surface area contributed by atoms with E-state index in [0.29, 0.717) is 6.07 Å². The van der Waals surface area contributed by atoms with E-state index in [4.69, 9.17) is 10.0 Å². The molecule has 6 heteroatoms. The third kappa shape index (κ3) is 4.00. The maximum atomic E-state index is 12.0. The molecule has 0 bridgehead atoms. The molecule has 1 aromatic rings. The number of benzene rings is 1. The minimum Gasteiger partial charge on any atom is -0.429 e. The first kappa shape index (κ1) is 11.0. The molecule has 1 rings (SSSR count). The largest absolute Gasteiger partial charge is 0.482 e. The van der Waals surface area contributed by atoms with Gasteiger partial charge in [-0.15, -0.1) is 0 Å². The summed E-state index contributed by atoms with van der Waals surface area (Å²) in [7, 11) is 0. The monoisotopic (exact) mass is 177 g/mol. The molecule has 0 aliphatic rings. The number of rotatable bonds is 0. The highest BCUT2D eigenvalue weighted by molar-refractivity contribution is 6.13. The Morgan fingerprint density at radius 2 is 1.50 bits per heavy atom. The van der Waals surface area contributed by atoms with E-state index in [1.807, 2.05) is 0 Å². The Balaban J connectivity index is 0.000000354. The van der Waals surface area contributed by atoms with Gasteiger partial charge in [0.1, 0.15) is 5.82 Å². The van der Waals surface area contributed by atoms with Crippen LogP contribution in [0.1, 0.15) is 0 Å². The van der Waals surface area contributed by atoms with E-state index >= 15 is 0 Å². The van der Waals surface area contributed by atoms with Crippen molar-refractivity contribution in [3.05, 3.63) is 35.7 Å². The van der Waals surface area contributed by atoms with Crippen molar-refractivity contribution in [2.45, 2.75) is 0 Å². The molecule has 0 spiro atoms. The summed E-state index contributed by atoms with van der Waals surface area (Å²) in [4.78, 5) is 0. The van der Waals surface area contributed by atoms with Crippen molar-refractivity contribution in [3.8, 4) is 0 Å². The van der Waals surface area contributed by atoms with Crippen molar-refractivity contribution < 1.29 is 23.2 Å². The van der Waals surface area contributed by atoms with Crippen molar-refractivity contribution in [2.75, 3.05) is 0 Å². The van der Waals surface area contributed by atoms with Gasteiger partial charge in [-0.3, -0.25) is 0 Å². The van der Waals surface area contributed by atoms with Gasteiger partial charge < -0.3 is 10.0 Å². The molecule has 2 nitrogen and oxygen atoms in total. The highest BCUT2D eigenvalue weighted by atomic mass is 19.2. The predicted octanol–water partition coefficient (Wildman–Crippen LogP) is 0.609. The molecule has 0 saturated carbocycles. The van der Waals surface area contributed by atoms with Crippen LogP contribution >= 0.6 is 0 Å². The zero-order chi connectivity index (χ0) is 9.56. The first-order chi connectivity index (χ1) is 5.61. The molecule has 0 fully saturated rings. The smallest absolute Gasteiger partial charge is 0.429 e. The third-order valence-corrected chi connectivity index (χ3v) is 0.882. The van der Waals surface area contributed by atoms with Crippen LogP contribution in [0.4, 0.5) is 13.2 Å². The molecule has 0 atom stereocenters. The van der Waals surface area contributed by atoms with E-state index in [1.54, 1.807) is 0 Å². The Kier molecular flexibility index (Phi) is 5.15. The topological polar surface area (TPSA) is 40.5 Å². The summed E-state index contributed by atoms with van der Waals surface area (Å²) < 4.78 is 35.9. The van der Waals surface area contributed by atoms with Gasteiger partial charge in [0.15, 0.2) is 11.6 Å². The first-order valence-corrected chi connectivity index (χ1v) is 2.82. The molecule has 0 aliphatic carbocycles. The van der Waals surface area contributed by atoms with Gasteiger partial charge in [-0.2, -0.15) is 0 Å².